The second-order valence-electron chi connectivity index (χ2n) is 10.3. The second kappa shape index (κ2) is 12.4. The van der Waals surface area contributed by atoms with Crippen LogP contribution >= 0.6 is 11.8 Å². The monoisotopic (exact) mass is 529 g/mol. The normalized spacial score (nSPS) is 13.8. The minimum Gasteiger partial charge on any atom is -0.457 e. The number of carbonyl (C=O) groups excluding carboxylic acids is 2. The van der Waals surface area contributed by atoms with E-state index in [9.17, 15) is 9.59 Å². The molecule has 0 atom stereocenters. The standard InChI is InChI=1S/C32H35NO4S/c1-31(2,3)37-29(34)23-36-30(35)33-22-24-14-13-21-28(24)38-32(25-15-7-4-8-16-25,26-17-9-5-10-18-26)27-19-11-6-12-20-27/h4-12,15-20H,13-14,21-23H2,1-3H3,(H,33,35). The highest BCUT2D eigenvalue weighted by Crippen LogP contribution is 2.54. The van der Waals surface area contributed by atoms with Crippen LogP contribution in [0.25, 0.3) is 0 Å². The lowest BCUT2D eigenvalue weighted by Crippen LogP contribution is -2.31. The van der Waals surface area contributed by atoms with Gasteiger partial charge in [-0.15, -0.1) is 11.8 Å². The molecule has 38 heavy (non-hydrogen) atoms. The van der Waals surface area contributed by atoms with Crippen molar-refractivity contribution in [1.29, 1.82) is 0 Å². The molecule has 0 saturated heterocycles. The zero-order valence-corrected chi connectivity index (χ0v) is 23.1. The molecular weight excluding hydrogens is 494 g/mol. The Balaban J connectivity index is 1.60. The van der Waals surface area contributed by atoms with Crippen molar-refractivity contribution >= 4 is 23.8 Å². The van der Waals surface area contributed by atoms with Crippen molar-refractivity contribution in [2.24, 2.45) is 0 Å². The Bertz CT molecular complexity index is 1150. The third-order valence-corrected chi connectivity index (χ3v) is 8.03. The molecule has 198 valence electrons. The summed E-state index contributed by atoms with van der Waals surface area (Å²) < 4.78 is 9.85. The summed E-state index contributed by atoms with van der Waals surface area (Å²) in [5.74, 6) is -0.567. The molecule has 1 N–H and O–H groups in total. The van der Waals surface area contributed by atoms with E-state index in [-0.39, 0.29) is 0 Å². The van der Waals surface area contributed by atoms with E-state index in [4.69, 9.17) is 9.47 Å². The number of ether oxygens (including phenoxy) is 2. The van der Waals surface area contributed by atoms with Gasteiger partial charge >= 0.3 is 12.1 Å². The van der Waals surface area contributed by atoms with Crippen molar-refractivity contribution < 1.29 is 19.1 Å². The first-order valence-electron chi connectivity index (χ1n) is 13.0. The van der Waals surface area contributed by atoms with Crippen LogP contribution in [0.4, 0.5) is 4.79 Å². The Morgan fingerprint density at radius 1 is 0.789 bits per heavy atom. The lowest BCUT2D eigenvalue weighted by molar-refractivity contribution is -0.158. The molecule has 1 amide bonds. The quantitative estimate of drug-likeness (QED) is 0.234. The van der Waals surface area contributed by atoms with Gasteiger partial charge < -0.3 is 14.8 Å². The first-order chi connectivity index (χ1) is 18.3. The summed E-state index contributed by atoms with van der Waals surface area (Å²) in [6.45, 7) is 5.29. The Morgan fingerprint density at radius 2 is 1.29 bits per heavy atom. The number of hydrogen-bond acceptors (Lipinski definition) is 5. The lowest BCUT2D eigenvalue weighted by atomic mass is 9.84. The molecule has 0 heterocycles. The van der Waals surface area contributed by atoms with Gasteiger partial charge in [-0.25, -0.2) is 9.59 Å². The van der Waals surface area contributed by atoms with Gasteiger partial charge in [0.2, 0.25) is 0 Å². The third-order valence-electron chi connectivity index (χ3n) is 6.28. The topological polar surface area (TPSA) is 64.6 Å². The number of carbonyl (C=O) groups is 2. The molecular formula is C32H35NO4S. The van der Waals surface area contributed by atoms with Crippen LogP contribution < -0.4 is 5.32 Å². The zero-order valence-electron chi connectivity index (χ0n) is 22.2. The summed E-state index contributed by atoms with van der Waals surface area (Å²) in [5.41, 5.74) is 4.17. The maximum absolute atomic E-state index is 12.4. The fourth-order valence-electron chi connectivity index (χ4n) is 4.69. The van der Waals surface area contributed by atoms with Gasteiger partial charge in [0.25, 0.3) is 0 Å². The van der Waals surface area contributed by atoms with Crippen LogP contribution in [0.2, 0.25) is 0 Å². The van der Waals surface area contributed by atoms with Gasteiger partial charge in [-0.1, -0.05) is 91.0 Å². The number of benzene rings is 3. The average Bonchev–Trinajstić information content (AvgIpc) is 3.36. The predicted molar refractivity (Wildman–Crippen MR) is 153 cm³/mol. The van der Waals surface area contributed by atoms with E-state index < -0.39 is 29.0 Å². The number of allylic oxidation sites excluding steroid dienone is 1. The number of esters is 1. The first-order valence-corrected chi connectivity index (χ1v) is 13.8. The molecule has 5 nitrogen and oxygen atoms in total. The maximum atomic E-state index is 12.4. The molecule has 0 spiro atoms. The molecule has 0 bridgehead atoms. The molecule has 0 fully saturated rings. The number of alkyl carbamates (subject to hydrolysis) is 1. The van der Waals surface area contributed by atoms with Gasteiger partial charge in [0.15, 0.2) is 6.61 Å². The van der Waals surface area contributed by atoms with Crippen molar-refractivity contribution in [1.82, 2.24) is 5.32 Å². The van der Waals surface area contributed by atoms with Crippen LogP contribution in [-0.2, 0) is 19.0 Å². The Kier molecular flexibility index (Phi) is 8.95. The summed E-state index contributed by atoms with van der Waals surface area (Å²) >= 11 is 1.86. The van der Waals surface area contributed by atoms with Gasteiger partial charge in [0, 0.05) is 6.54 Å². The van der Waals surface area contributed by atoms with Gasteiger partial charge in [0.1, 0.15) is 5.60 Å². The Labute approximate surface area is 229 Å². The van der Waals surface area contributed by atoms with E-state index in [1.165, 1.54) is 27.2 Å². The van der Waals surface area contributed by atoms with Crippen molar-refractivity contribution in [3.63, 3.8) is 0 Å². The van der Waals surface area contributed by atoms with E-state index in [1.54, 1.807) is 20.8 Å². The van der Waals surface area contributed by atoms with Gasteiger partial charge in [0.05, 0.1) is 4.75 Å². The molecule has 0 radical (unpaired) electrons. The molecule has 0 aromatic heterocycles. The van der Waals surface area contributed by atoms with Gasteiger partial charge in [-0.3, -0.25) is 0 Å². The van der Waals surface area contributed by atoms with Crippen LogP contribution in [0.5, 0.6) is 0 Å². The average molecular weight is 530 g/mol. The second-order valence-corrected chi connectivity index (χ2v) is 11.6. The van der Waals surface area contributed by atoms with Crippen molar-refractivity contribution in [3.05, 3.63) is 118 Å². The minimum absolute atomic E-state index is 0.379. The predicted octanol–water partition coefficient (Wildman–Crippen LogP) is 7.22. The van der Waals surface area contributed by atoms with Crippen LogP contribution in [0.3, 0.4) is 0 Å². The smallest absolute Gasteiger partial charge is 0.407 e. The minimum atomic E-state index is -0.625. The highest BCUT2D eigenvalue weighted by atomic mass is 32.2. The largest absolute Gasteiger partial charge is 0.457 e. The van der Waals surface area contributed by atoms with E-state index >= 15 is 0 Å². The number of amides is 1. The molecule has 0 aliphatic heterocycles. The van der Waals surface area contributed by atoms with E-state index in [0.717, 1.165) is 19.3 Å². The maximum Gasteiger partial charge on any atom is 0.407 e. The Morgan fingerprint density at radius 3 is 1.76 bits per heavy atom. The lowest BCUT2D eigenvalue weighted by Gasteiger charge is -2.36. The summed E-state index contributed by atoms with van der Waals surface area (Å²) in [7, 11) is 0. The molecule has 1 aliphatic rings. The van der Waals surface area contributed by atoms with Crippen molar-refractivity contribution in [2.45, 2.75) is 50.4 Å². The number of thioether (sulfide) groups is 1. The molecule has 0 unspecified atom stereocenters. The van der Waals surface area contributed by atoms with E-state index in [1.807, 2.05) is 30.0 Å². The number of hydrogen-bond donors (Lipinski definition) is 1. The molecule has 3 aromatic carbocycles. The van der Waals surface area contributed by atoms with Gasteiger partial charge in [-0.2, -0.15) is 0 Å². The SMILES string of the molecule is CC(C)(C)OC(=O)COC(=O)NCC1=C(SC(c2ccccc2)(c2ccccc2)c2ccccc2)CCC1. The highest BCUT2D eigenvalue weighted by molar-refractivity contribution is 8.04. The van der Waals surface area contributed by atoms with Crippen LogP contribution in [0.1, 0.15) is 56.7 Å². The zero-order chi connectivity index (χ0) is 27.0. The summed E-state index contributed by atoms with van der Waals surface area (Å²) in [4.78, 5) is 25.5. The van der Waals surface area contributed by atoms with E-state index in [2.05, 4.69) is 78.1 Å². The summed E-state index contributed by atoms with van der Waals surface area (Å²) in [6.07, 6.45) is 2.26. The summed E-state index contributed by atoms with van der Waals surface area (Å²) in [6, 6.07) is 31.8. The molecule has 4 rings (SSSR count). The van der Waals surface area contributed by atoms with Crippen LogP contribution in [0.15, 0.2) is 101 Å². The summed E-state index contributed by atoms with van der Waals surface area (Å²) in [5, 5.41) is 2.84. The molecule has 3 aromatic rings. The molecule has 6 heteroatoms. The molecule has 1 aliphatic carbocycles. The molecule has 0 saturated carbocycles. The first kappa shape index (κ1) is 27.5. The highest BCUT2D eigenvalue weighted by Gasteiger charge is 2.39. The van der Waals surface area contributed by atoms with Crippen LogP contribution in [-0.4, -0.2) is 30.8 Å². The van der Waals surface area contributed by atoms with Crippen LogP contribution in [0, 0.1) is 0 Å². The van der Waals surface area contributed by atoms with Crippen molar-refractivity contribution in [3.8, 4) is 0 Å². The fraction of sp³-hybridized carbons (Fsp3) is 0.312. The van der Waals surface area contributed by atoms with Gasteiger partial charge in [-0.05, 0) is 67.2 Å². The van der Waals surface area contributed by atoms with E-state index in [0.29, 0.717) is 6.54 Å². The number of nitrogens with one attached hydrogen (secondary N) is 1. The number of rotatable bonds is 9. The fourth-order valence-corrected chi connectivity index (χ4v) is 6.39. The third kappa shape index (κ3) is 6.87. The van der Waals surface area contributed by atoms with Crippen molar-refractivity contribution in [2.75, 3.05) is 13.2 Å². The Hall–Kier alpha value is -3.51.